The molecule has 0 saturated heterocycles. The molecule has 3 N–H and O–H groups in total. The summed E-state index contributed by atoms with van der Waals surface area (Å²) in [4.78, 5) is 21.1. The van der Waals surface area contributed by atoms with E-state index in [2.05, 4.69) is 15.3 Å². The van der Waals surface area contributed by atoms with Gasteiger partial charge in [0, 0.05) is 10.6 Å². The van der Waals surface area contributed by atoms with Gasteiger partial charge >= 0.3 is 5.97 Å². The number of rotatable bonds is 2. The van der Waals surface area contributed by atoms with Crippen molar-refractivity contribution in [2.75, 3.05) is 23.9 Å². The van der Waals surface area contributed by atoms with Crippen molar-refractivity contribution in [3.8, 4) is 0 Å². The number of nitrogens with one attached hydrogen (secondary N) is 1. The molecule has 6 nitrogen and oxygen atoms in total. The fourth-order valence-electron chi connectivity index (χ4n) is 3.06. The summed E-state index contributed by atoms with van der Waals surface area (Å²) in [7, 11) is 0. The van der Waals surface area contributed by atoms with Gasteiger partial charge in [0.15, 0.2) is 5.16 Å². The maximum absolute atomic E-state index is 12.3. The number of thioether (sulfide) groups is 1. The van der Waals surface area contributed by atoms with Crippen molar-refractivity contribution in [2.45, 2.75) is 11.1 Å². The number of fused-ring (bicyclic) bond motifs is 1. The Labute approximate surface area is 147 Å². The Kier molecular flexibility index (Phi) is 3.62. The first-order valence-electron chi connectivity index (χ1n) is 7.22. The first kappa shape index (κ1) is 15.3. The monoisotopic (exact) mass is 360 g/mol. The number of benzene rings is 1. The van der Waals surface area contributed by atoms with E-state index >= 15 is 0 Å². The van der Waals surface area contributed by atoms with Crippen molar-refractivity contribution >= 4 is 41.0 Å². The molecular formula is C16H13ClN4O2S. The third-order valence-electron chi connectivity index (χ3n) is 4.06. The summed E-state index contributed by atoms with van der Waals surface area (Å²) in [6, 6.07) is 7.35. The number of hydrogen-bond acceptors (Lipinski definition) is 7. The largest absolute Gasteiger partial charge is 0.456 e. The Morgan fingerprint density at radius 3 is 3.00 bits per heavy atom. The van der Waals surface area contributed by atoms with Crippen LogP contribution in [0, 0.1) is 0 Å². The minimum Gasteiger partial charge on any atom is -0.456 e. The lowest BCUT2D eigenvalue weighted by Gasteiger charge is -2.27. The fraction of sp³-hybridized carbons (Fsp3) is 0.188. The molecule has 2 aliphatic heterocycles. The smallest absolute Gasteiger partial charge is 0.337 e. The van der Waals surface area contributed by atoms with Crippen LogP contribution in [-0.4, -0.2) is 28.8 Å². The van der Waals surface area contributed by atoms with Crippen molar-refractivity contribution in [3.63, 3.8) is 0 Å². The van der Waals surface area contributed by atoms with Gasteiger partial charge in [-0.3, -0.25) is 0 Å². The molecule has 0 fully saturated rings. The van der Waals surface area contributed by atoms with Crippen molar-refractivity contribution < 1.29 is 9.53 Å². The second kappa shape index (κ2) is 5.68. The summed E-state index contributed by atoms with van der Waals surface area (Å²) in [5, 5.41) is 4.33. The van der Waals surface area contributed by atoms with Crippen molar-refractivity contribution in [1.82, 2.24) is 9.97 Å². The standard InChI is InChI=1S/C16H13ClN4O2S/c1-24-16-20-13(18)12-10(7-3-2-4-8(17)5-7)11-9(6-23-15(11)22)19-14(12)21-16/h2-5,10H,6H2,1H3,(H3,18,19,20,21). The molecule has 2 aromatic rings. The molecule has 1 aromatic heterocycles. The fourth-order valence-corrected chi connectivity index (χ4v) is 3.63. The lowest BCUT2D eigenvalue weighted by Crippen LogP contribution is -2.23. The Morgan fingerprint density at radius 2 is 2.25 bits per heavy atom. The van der Waals surface area contributed by atoms with E-state index < -0.39 is 5.92 Å². The molecule has 1 unspecified atom stereocenters. The SMILES string of the molecule is CSc1nc(N)c2c(n1)NC1=C(C(=O)OC1)C2c1cccc(Cl)c1. The average molecular weight is 361 g/mol. The molecule has 0 radical (unpaired) electrons. The third kappa shape index (κ3) is 2.32. The zero-order valence-corrected chi connectivity index (χ0v) is 14.2. The Hall–Kier alpha value is -2.25. The third-order valence-corrected chi connectivity index (χ3v) is 4.84. The van der Waals surface area contributed by atoms with Crippen LogP contribution in [0.4, 0.5) is 11.6 Å². The Bertz CT molecular complexity index is 900. The second-order valence-electron chi connectivity index (χ2n) is 5.44. The van der Waals surface area contributed by atoms with Gasteiger partial charge in [0.05, 0.1) is 17.2 Å². The van der Waals surface area contributed by atoms with E-state index in [1.54, 1.807) is 6.07 Å². The molecule has 1 atom stereocenters. The highest BCUT2D eigenvalue weighted by molar-refractivity contribution is 7.98. The molecule has 0 aliphatic carbocycles. The summed E-state index contributed by atoms with van der Waals surface area (Å²) in [5.41, 5.74) is 8.97. The van der Waals surface area contributed by atoms with E-state index in [-0.39, 0.29) is 12.6 Å². The van der Waals surface area contributed by atoms with Crippen LogP contribution in [0.15, 0.2) is 40.7 Å². The van der Waals surface area contributed by atoms with Gasteiger partial charge in [-0.2, -0.15) is 0 Å². The average Bonchev–Trinajstić information content (AvgIpc) is 2.93. The van der Waals surface area contributed by atoms with Gasteiger partial charge in [-0.15, -0.1) is 0 Å². The van der Waals surface area contributed by atoms with Crippen LogP contribution in [0.3, 0.4) is 0 Å². The minimum absolute atomic E-state index is 0.198. The lowest BCUT2D eigenvalue weighted by molar-refractivity contribution is -0.136. The van der Waals surface area contributed by atoms with E-state index in [4.69, 9.17) is 22.1 Å². The number of nitrogens with two attached hydrogens (primary N) is 1. The number of esters is 1. The van der Waals surface area contributed by atoms with Crippen LogP contribution >= 0.6 is 23.4 Å². The van der Waals surface area contributed by atoms with Gasteiger partial charge in [-0.05, 0) is 24.0 Å². The highest BCUT2D eigenvalue weighted by atomic mass is 35.5. The van der Waals surface area contributed by atoms with Crippen LogP contribution in [0.1, 0.15) is 17.0 Å². The van der Waals surface area contributed by atoms with Crippen LogP contribution in [0.2, 0.25) is 5.02 Å². The lowest BCUT2D eigenvalue weighted by atomic mass is 9.82. The zero-order chi connectivity index (χ0) is 16.8. The molecule has 0 spiro atoms. The van der Waals surface area contributed by atoms with Gasteiger partial charge in [0.25, 0.3) is 0 Å². The molecule has 24 heavy (non-hydrogen) atoms. The predicted molar refractivity (Wildman–Crippen MR) is 93.1 cm³/mol. The first-order chi connectivity index (χ1) is 11.6. The van der Waals surface area contributed by atoms with Crippen molar-refractivity contribution in [3.05, 3.63) is 51.7 Å². The van der Waals surface area contributed by atoms with Crippen molar-refractivity contribution in [2.24, 2.45) is 0 Å². The molecule has 122 valence electrons. The molecule has 2 aliphatic rings. The van der Waals surface area contributed by atoms with Gasteiger partial charge in [-0.25, -0.2) is 14.8 Å². The van der Waals surface area contributed by atoms with E-state index in [1.165, 1.54) is 11.8 Å². The maximum Gasteiger partial charge on any atom is 0.337 e. The highest BCUT2D eigenvalue weighted by Crippen LogP contribution is 2.46. The molecule has 4 rings (SSSR count). The molecule has 0 saturated carbocycles. The van der Waals surface area contributed by atoms with Gasteiger partial charge in [0.1, 0.15) is 18.2 Å². The summed E-state index contributed by atoms with van der Waals surface area (Å²) >= 11 is 7.55. The zero-order valence-electron chi connectivity index (χ0n) is 12.7. The molecule has 1 aromatic carbocycles. The number of halogens is 1. The molecule has 0 bridgehead atoms. The Morgan fingerprint density at radius 1 is 1.42 bits per heavy atom. The van der Waals surface area contributed by atoms with Gasteiger partial charge in [0.2, 0.25) is 0 Å². The summed E-state index contributed by atoms with van der Waals surface area (Å²) in [6.45, 7) is 0.198. The first-order valence-corrected chi connectivity index (χ1v) is 8.83. The predicted octanol–water partition coefficient (Wildman–Crippen LogP) is 2.80. The summed E-state index contributed by atoms with van der Waals surface area (Å²) in [6.07, 6.45) is 1.88. The highest BCUT2D eigenvalue weighted by Gasteiger charge is 2.40. The Balaban J connectivity index is 1.97. The number of cyclic esters (lactones) is 1. The van der Waals surface area contributed by atoms with E-state index in [1.807, 2.05) is 24.5 Å². The number of ether oxygens (including phenoxy) is 1. The molecule has 3 heterocycles. The van der Waals surface area contributed by atoms with Crippen LogP contribution in [0.25, 0.3) is 0 Å². The number of anilines is 2. The molecule has 0 amide bonds. The number of carbonyl (C=O) groups excluding carboxylic acids is 1. The normalized spacial score (nSPS) is 18.8. The van der Waals surface area contributed by atoms with Crippen molar-refractivity contribution in [1.29, 1.82) is 0 Å². The molecule has 8 heteroatoms. The van der Waals surface area contributed by atoms with E-state index in [9.17, 15) is 4.79 Å². The molecular weight excluding hydrogens is 348 g/mol. The second-order valence-corrected chi connectivity index (χ2v) is 6.65. The number of carbonyl (C=O) groups is 1. The van der Waals surface area contributed by atoms with Gasteiger partial charge in [-0.1, -0.05) is 35.5 Å². The minimum atomic E-state index is -0.402. The number of nitrogens with zero attached hydrogens (tertiary/aromatic N) is 2. The summed E-state index contributed by atoms with van der Waals surface area (Å²) < 4.78 is 5.21. The summed E-state index contributed by atoms with van der Waals surface area (Å²) in [5.74, 6) is 0.185. The number of aromatic nitrogens is 2. The topological polar surface area (TPSA) is 90.1 Å². The quantitative estimate of drug-likeness (QED) is 0.483. The van der Waals surface area contributed by atoms with Crippen LogP contribution in [0.5, 0.6) is 0 Å². The van der Waals surface area contributed by atoms with Crippen LogP contribution in [-0.2, 0) is 9.53 Å². The van der Waals surface area contributed by atoms with Crippen LogP contribution < -0.4 is 11.1 Å². The van der Waals surface area contributed by atoms with E-state index in [0.29, 0.717) is 38.6 Å². The van der Waals surface area contributed by atoms with Gasteiger partial charge < -0.3 is 15.8 Å². The number of hydrogen-bond donors (Lipinski definition) is 2. The maximum atomic E-state index is 12.3. The van der Waals surface area contributed by atoms with E-state index in [0.717, 1.165) is 5.56 Å². The number of nitrogen functional groups attached to an aromatic ring is 1.